The largest absolute Gasteiger partial charge is 0.456 e. The number of allylic oxidation sites excluding steroid dienone is 4. The third kappa shape index (κ3) is 10.8. The second kappa shape index (κ2) is 20.3. The zero-order valence-electron chi connectivity index (χ0n) is 34.4. The van der Waals surface area contributed by atoms with Gasteiger partial charge in [-0.15, -0.1) is 6.58 Å². The van der Waals surface area contributed by atoms with Crippen LogP contribution in [0.15, 0.2) is 36.0 Å². The van der Waals surface area contributed by atoms with Crippen molar-refractivity contribution >= 4 is 23.4 Å². The average molecular weight is 790 g/mol. The third-order valence-corrected chi connectivity index (χ3v) is 12.6. The molecule has 1 saturated carbocycles. The molecule has 13 heteroatoms. The molecular weight excluding hydrogens is 722 g/mol. The summed E-state index contributed by atoms with van der Waals surface area (Å²) >= 11 is 0. The Balaban J connectivity index is 1.74. The van der Waals surface area contributed by atoms with Crippen LogP contribution in [0.2, 0.25) is 0 Å². The molecule has 1 amide bonds. The first-order valence-corrected chi connectivity index (χ1v) is 20.5. The molecular formula is C43H67NO12. The van der Waals surface area contributed by atoms with Gasteiger partial charge in [0, 0.05) is 44.9 Å². The van der Waals surface area contributed by atoms with Gasteiger partial charge in [-0.2, -0.15) is 0 Å². The Labute approximate surface area is 332 Å². The summed E-state index contributed by atoms with van der Waals surface area (Å²) in [7, 11) is 3.02. The number of esters is 1. The lowest BCUT2D eigenvalue weighted by Crippen LogP contribution is -2.57. The average Bonchev–Trinajstić information content (AvgIpc) is 3.48. The van der Waals surface area contributed by atoms with Crippen molar-refractivity contribution in [3.8, 4) is 0 Å². The first kappa shape index (κ1) is 45.9. The fraction of sp³-hybridized carbons (Fsp3) is 0.767. The topological polar surface area (TPSA) is 189 Å². The number of aliphatic hydroxyl groups is 4. The van der Waals surface area contributed by atoms with Crippen LogP contribution in [0.25, 0.3) is 0 Å². The van der Waals surface area contributed by atoms with E-state index in [1.807, 2.05) is 26.0 Å². The molecule has 3 aliphatic heterocycles. The maximum atomic E-state index is 14.2. The Morgan fingerprint density at radius 1 is 0.964 bits per heavy atom. The van der Waals surface area contributed by atoms with Gasteiger partial charge >= 0.3 is 5.97 Å². The minimum atomic E-state index is -2.53. The fourth-order valence-electron chi connectivity index (χ4n) is 9.20. The molecule has 4 rings (SSSR count). The molecule has 1 unspecified atom stereocenters. The van der Waals surface area contributed by atoms with E-state index < -0.39 is 83.9 Å². The van der Waals surface area contributed by atoms with E-state index in [-0.39, 0.29) is 49.5 Å². The number of methoxy groups -OCH3 is 2. The SMILES string of the molecule is C=CC[C@@H]1/C=C(\C)C[C@H](C)C[C@H](OC)[C@@H](O)C2C[C@@H](C)[C@@](O)(O2)C(=O)C(=O)N2CCCC[C@H]2C(=O)O[C@H](/C(C)=C/[C@@H]2CC[C@@H](O)[C@H](OC)C2)[C@H](C)[C@@H](O)CC1=O. The Kier molecular flexibility index (Phi) is 16.6. The summed E-state index contributed by atoms with van der Waals surface area (Å²) in [4.78, 5) is 57.1. The standard InChI is InChI=1S/C43H67NO12/c1-9-12-30-18-24(2)17-25(3)19-36(54-8)38(48)37-21-27(5)43(52,56-37)40(49)41(50)44-16-11-10-13-31(44)42(51)55-39(28(6)33(46)23-34(30)47)26(4)20-29-14-15-32(45)35(22-29)53-7/h9,18,20,25,27-33,35-39,45-46,48,52H,1,10-17,19,21-23H2,2-8H3/b24-18+,26-20+/t25-,27+,28+,29-,30+,31-,32+,33-,35+,36-,37?,38+,39+,43+/m0/s1. The molecule has 0 radical (unpaired) electrons. The summed E-state index contributed by atoms with van der Waals surface area (Å²) in [5, 5.41) is 45.1. The van der Waals surface area contributed by atoms with E-state index in [1.54, 1.807) is 34.0 Å². The van der Waals surface area contributed by atoms with Crippen LogP contribution < -0.4 is 0 Å². The molecule has 13 nitrogen and oxygen atoms in total. The van der Waals surface area contributed by atoms with Crippen LogP contribution in [0, 0.1) is 29.6 Å². The number of hydrogen-bond acceptors (Lipinski definition) is 12. The highest BCUT2D eigenvalue weighted by Crippen LogP contribution is 2.39. The van der Waals surface area contributed by atoms with Gasteiger partial charge in [0.2, 0.25) is 5.79 Å². The van der Waals surface area contributed by atoms with Crippen molar-refractivity contribution in [3.05, 3.63) is 36.0 Å². The van der Waals surface area contributed by atoms with Gasteiger partial charge in [-0.25, -0.2) is 4.79 Å². The molecule has 0 aromatic carbocycles. The van der Waals surface area contributed by atoms with Crippen LogP contribution in [0.5, 0.6) is 0 Å². The van der Waals surface area contributed by atoms with E-state index in [4.69, 9.17) is 18.9 Å². The van der Waals surface area contributed by atoms with Crippen molar-refractivity contribution in [3.63, 3.8) is 0 Å². The van der Waals surface area contributed by atoms with Gasteiger partial charge in [0.25, 0.3) is 11.7 Å². The van der Waals surface area contributed by atoms with E-state index in [1.165, 1.54) is 7.11 Å². The van der Waals surface area contributed by atoms with E-state index in [2.05, 4.69) is 6.58 Å². The molecule has 56 heavy (non-hydrogen) atoms. The highest BCUT2D eigenvalue weighted by molar-refractivity contribution is 6.39. The maximum absolute atomic E-state index is 14.2. The summed E-state index contributed by atoms with van der Waals surface area (Å²) in [6, 6.07) is -1.16. The minimum absolute atomic E-state index is 0.0115. The molecule has 0 spiro atoms. The number of hydrogen-bond donors (Lipinski definition) is 4. The van der Waals surface area contributed by atoms with Crippen LogP contribution in [-0.2, 0) is 38.1 Å². The molecule has 2 bridgehead atoms. The molecule has 3 heterocycles. The van der Waals surface area contributed by atoms with Crippen LogP contribution in [-0.4, -0.2) is 124 Å². The number of Topliss-reactive ketones (excluding diaryl/α,β-unsaturated/α-hetero) is 2. The van der Waals surface area contributed by atoms with Crippen LogP contribution in [0.3, 0.4) is 0 Å². The number of ketones is 2. The lowest BCUT2D eigenvalue weighted by atomic mass is 9.81. The zero-order valence-corrected chi connectivity index (χ0v) is 34.4. The normalized spacial score (nSPS) is 41.5. The van der Waals surface area contributed by atoms with Gasteiger partial charge in [-0.1, -0.05) is 44.6 Å². The number of aliphatic hydroxyl groups excluding tert-OH is 3. The van der Waals surface area contributed by atoms with Crippen LogP contribution >= 0.6 is 0 Å². The summed E-state index contributed by atoms with van der Waals surface area (Å²) in [6.07, 6.45) is 3.66. The molecule has 14 atom stereocenters. The third-order valence-electron chi connectivity index (χ3n) is 12.6. The van der Waals surface area contributed by atoms with Crippen molar-refractivity contribution < 1.29 is 58.6 Å². The second-order valence-electron chi connectivity index (χ2n) is 17.1. The molecule has 3 fully saturated rings. The minimum Gasteiger partial charge on any atom is -0.456 e. The van der Waals surface area contributed by atoms with Gasteiger partial charge in [0.05, 0.1) is 30.5 Å². The number of carbonyl (C=O) groups is 4. The fourth-order valence-corrected chi connectivity index (χ4v) is 9.20. The summed E-state index contributed by atoms with van der Waals surface area (Å²) in [5.41, 5.74) is 1.58. The van der Waals surface area contributed by atoms with Crippen molar-refractivity contribution in [2.75, 3.05) is 20.8 Å². The summed E-state index contributed by atoms with van der Waals surface area (Å²) < 4.78 is 23.3. The van der Waals surface area contributed by atoms with Gasteiger partial charge < -0.3 is 44.3 Å². The molecule has 1 aliphatic carbocycles. The van der Waals surface area contributed by atoms with Crippen molar-refractivity contribution in [1.29, 1.82) is 0 Å². The number of rotatable bonds is 6. The Morgan fingerprint density at radius 2 is 1.66 bits per heavy atom. The first-order valence-electron chi connectivity index (χ1n) is 20.5. The number of carbonyl (C=O) groups excluding carboxylic acids is 4. The maximum Gasteiger partial charge on any atom is 0.329 e. The highest BCUT2D eigenvalue weighted by atomic mass is 16.7. The smallest absolute Gasteiger partial charge is 0.329 e. The second-order valence-corrected chi connectivity index (χ2v) is 17.1. The number of fused-ring (bicyclic) bond motifs is 3. The van der Waals surface area contributed by atoms with E-state index in [9.17, 15) is 39.6 Å². The lowest BCUT2D eigenvalue weighted by Gasteiger charge is -2.38. The zero-order chi connectivity index (χ0) is 41.5. The van der Waals surface area contributed by atoms with E-state index in [0.717, 1.165) is 10.5 Å². The number of ether oxygens (including phenoxy) is 4. The molecule has 316 valence electrons. The van der Waals surface area contributed by atoms with Gasteiger partial charge in [-0.05, 0) is 95.5 Å². The number of nitrogens with zero attached hydrogens (tertiary/aromatic N) is 1. The highest BCUT2D eigenvalue weighted by Gasteiger charge is 2.57. The Hall–Kier alpha value is -2.78. The number of cyclic esters (lactones) is 1. The van der Waals surface area contributed by atoms with Gasteiger partial charge in [0.15, 0.2) is 0 Å². The number of piperidine rings is 1. The monoisotopic (exact) mass is 789 g/mol. The Morgan fingerprint density at radius 3 is 2.32 bits per heavy atom. The first-order chi connectivity index (χ1) is 26.4. The van der Waals surface area contributed by atoms with Crippen molar-refractivity contribution in [2.24, 2.45) is 29.6 Å². The van der Waals surface area contributed by atoms with Crippen LogP contribution in [0.4, 0.5) is 0 Å². The molecule has 0 aromatic rings. The lowest BCUT2D eigenvalue weighted by molar-refractivity contribution is -0.225. The van der Waals surface area contributed by atoms with E-state index >= 15 is 0 Å². The predicted molar refractivity (Wildman–Crippen MR) is 208 cm³/mol. The molecule has 0 aromatic heterocycles. The quantitative estimate of drug-likeness (QED) is 0.172. The summed E-state index contributed by atoms with van der Waals surface area (Å²) in [6.45, 7) is 12.9. The van der Waals surface area contributed by atoms with E-state index in [0.29, 0.717) is 56.9 Å². The predicted octanol–water partition coefficient (Wildman–Crippen LogP) is 3.98. The van der Waals surface area contributed by atoms with Crippen molar-refractivity contribution in [1.82, 2.24) is 4.90 Å². The van der Waals surface area contributed by atoms with Crippen LogP contribution in [0.1, 0.15) is 105 Å². The van der Waals surface area contributed by atoms with Crippen molar-refractivity contribution in [2.45, 2.75) is 160 Å². The molecule has 4 N–H and O–H groups in total. The molecule has 2 saturated heterocycles. The molecule has 4 aliphatic rings. The Bertz CT molecular complexity index is 1460. The summed E-state index contributed by atoms with van der Waals surface area (Å²) in [5.74, 6) is -7.99. The van der Waals surface area contributed by atoms with Gasteiger partial charge in [0.1, 0.15) is 24.0 Å². The van der Waals surface area contributed by atoms with Gasteiger partial charge in [-0.3, -0.25) is 14.4 Å². The number of amides is 1.